The number of carbonyl (C=O) groups excluding carboxylic acids is 1. The van der Waals surface area contributed by atoms with E-state index in [0.717, 1.165) is 25.7 Å². The highest BCUT2D eigenvalue weighted by Crippen LogP contribution is 2.67. The molecule has 5 atom stereocenters. The van der Waals surface area contributed by atoms with Gasteiger partial charge in [-0.2, -0.15) is 0 Å². The third-order valence-electron chi connectivity index (χ3n) is 6.19. The van der Waals surface area contributed by atoms with Gasteiger partial charge in [0.05, 0.1) is 5.41 Å². The Morgan fingerprint density at radius 1 is 1.15 bits per heavy atom. The molecule has 0 aliphatic heterocycles. The number of amides is 1. The molecule has 1 aromatic carbocycles. The van der Waals surface area contributed by atoms with Crippen LogP contribution in [-0.2, 0) is 4.79 Å². The molecule has 1 amide bonds. The summed E-state index contributed by atoms with van der Waals surface area (Å²) in [4.78, 5) is 12.1. The van der Waals surface area contributed by atoms with Crippen molar-refractivity contribution in [2.75, 3.05) is 0 Å². The van der Waals surface area contributed by atoms with Gasteiger partial charge in [0, 0.05) is 0 Å². The Balaban J connectivity index is 1.74. The number of nitrogens with two attached hydrogens (primary N) is 1. The fourth-order valence-corrected chi connectivity index (χ4v) is 5.14. The molecular weight excluding hydrogens is 246 g/mol. The second kappa shape index (κ2) is 3.97. The van der Waals surface area contributed by atoms with Crippen LogP contribution in [0.2, 0.25) is 0 Å². The van der Waals surface area contributed by atoms with Crippen molar-refractivity contribution in [1.29, 1.82) is 0 Å². The van der Waals surface area contributed by atoms with Crippen LogP contribution >= 0.6 is 0 Å². The van der Waals surface area contributed by atoms with Crippen molar-refractivity contribution >= 4 is 5.91 Å². The van der Waals surface area contributed by atoms with E-state index in [1.165, 1.54) is 11.1 Å². The summed E-state index contributed by atoms with van der Waals surface area (Å²) >= 11 is 0. The molecule has 0 spiro atoms. The molecule has 0 saturated heterocycles. The highest BCUT2D eigenvalue weighted by Gasteiger charge is 2.61. The second-order valence-corrected chi connectivity index (χ2v) is 7.05. The number of carbonyl (C=O) groups is 1. The third-order valence-corrected chi connectivity index (χ3v) is 6.19. The van der Waals surface area contributed by atoms with E-state index < -0.39 is 0 Å². The first-order valence-electron chi connectivity index (χ1n) is 7.64. The van der Waals surface area contributed by atoms with Gasteiger partial charge in [-0.3, -0.25) is 4.79 Å². The number of primary amides is 1. The van der Waals surface area contributed by atoms with Crippen molar-refractivity contribution in [3.63, 3.8) is 0 Å². The topological polar surface area (TPSA) is 43.1 Å². The predicted molar refractivity (Wildman–Crippen MR) is 78.9 cm³/mol. The van der Waals surface area contributed by atoms with E-state index >= 15 is 0 Å². The largest absolute Gasteiger partial charge is 0.369 e. The number of hydrogen-bond acceptors (Lipinski definition) is 1. The highest BCUT2D eigenvalue weighted by atomic mass is 16.1. The number of hydrogen-bond donors (Lipinski definition) is 1. The smallest absolute Gasteiger partial charge is 0.223 e. The van der Waals surface area contributed by atoms with Crippen LogP contribution in [0.1, 0.15) is 37.2 Å². The van der Waals surface area contributed by atoms with Crippen LogP contribution < -0.4 is 5.73 Å². The molecule has 2 heteroatoms. The van der Waals surface area contributed by atoms with Gasteiger partial charge in [-0.25, -0.2) is 0 Å². The van der Waals surface area contributed by atoms with Gasteiger partial charge in [-0.1, -0.05) is 42.5 Å². The molecule has 0 heterocycles. The van der Waals surface area contributed by atoms with Gasteiger partial charge >= 0.3 is 0 Å². The summed E-state index contributed by atoms with van der Waals surface area (Å²) in [6.07, 6.45) is 4.04. The highest BCUT2D eigenvalue weighted by molar-refractivity contribution is 5.82. The minimum absolute atomic E-state index is 0.0821. The zero-order valence-electron chi connectivity index (χ0n) is 11.7. The van der Waals surface area contributed by atoms with Gasteiger partial charge in [-0.15, -0.1) is 0 Å². The number of benzene rings is 1. The minimum Gasteiger partial charge on any atom is -0.369 e. The Morgan fingerprint density at radius 3 is 2.60 bits per heavy atom. The molecule has 3 fully saturated rings. The van der Waals surface area contributed by atoms with Crippen molar-refractivity contribution < 1.29 is 4.79 Å². The molecule has 0 radical (unpaired) electrons. The third kappa shape index (κ3) is 1.48. The normalized spacial score (nSPS) is 41.9. The van der Waals surface area contributed by atoms with Gasteiger partial charge in [0.2, 0.25) is 5.91 Å². The first-order valence-corrected chi connectivity index (χ1v) is 7.64. The van der Waals surface area contributed by atoms with Crippen LogP contribution in [0.25, 0.3) is 0 Å². The lowest BCUT2D eigenvalue weighted by Gasteiger charge is -2.45. The van der Waals surface area contributed by atoms with E-state index in [0.29, 0.717) is 23.7 Å². The molecule has 104 valence electrons. The lowest BCUT2D eigenvalue weighted by atomic mass is 9.59. The Kier molecular flexibility index (Phi) is 2.42. The summed E-state index contributed by atoms with van der Waals surface area (Å²) in [5.41, 5.74) is 8.28. The quantitative estimate of drug-likeness (QED) is 0.821. The molecule has 1 aromatic rings. The van der Waals surface area contributed by atoms with Crippen LogP contribution in [-0.4, -0.2) is 5.91 Å². The van der Waals surface area contributed by atoms with Gasteiger partial charge in [0.15, 0.2) is 0 Å². The van der Waals surface area contributed by atoms with Gasteiger partial charge in [-0.05, 0) is 54.9 Å². The molecule has 3 saturated carbocycles. The van der Waals surface area contributed by atoms with Gasteiger partial charge in [0.1, 0.15) is 0 Å². The Hall–Kier alpha value is -1.57. The van der Waals surface area contributed by atoms with Gasteiger partial charge < -0.3 is 5.73 Å². The van der Waals surface area contributed by atoms with Crippen molar-refractivity contribution in [3.05, 3.63) is 48.0 Å². The molecule has 2 bridgehead atoms. The summed E-state index contributed by atoms with van der Waals surface area (Å²) in [6.45, 7) is 4.29. The van der Waals surface area contributed by atoms with E-state index in [4.69, 9.17) is 5.73 Å². The zero-order valence-corrected chi connectivity index (χ0v) is 11.7. The maximum atomic E-state index is 12.1. The molecular formula is C18H21NO. The Labute approximate surface area is 120 Å². The molecule has 2 nitrogen and oxygen atoms in total. The van der Waals surface area contributed by atoms with Crippen LogP contribution in [0.5, 0.6) is 0 Å². The summed E-state index contributed by atoms with van der Waals surface area (Å²) in [7, 11) is 0. The fraction of sp³-hybridized carbons (Fsp3) is 0.500. The molecule has 2 N–H and O–H groups in total. The van der Waals surface area contributed by atoms with Crippen LogP contribution in [0.4, 0.5) is 0 Å². The van der Waals surface area contributed by atoms with Crippen LogP contribution in [0, 0.1) is 23.2 Å². The first kappa shape index (κ1) is 12.2. The predicted octanol–water partition coefficient (Wildman–Crippen LogP) is 3.25. The summed E-state index contributed by atoms with van der Waals surface area (Å²) < 4.78 is 0. The summed E-state index contributed by atoms with van der Waals surface area (Å²) in [6, 6.07) is 10.6. The second-order valence-electron chi connectivity index (χ2n) is 7.05. The summed E-state index contributed by atoms with van der Waals surface area (Å²) in [5.74, 6) is 2.24. The molecule has 3 aliphatic rings. The zero-order chi connectivity index (χ0) is 13.9. The average molecular weight is 267 g/mol. The maximum Gasteiger partial charge on any atom is 0.223 e. The van der Waals surface area contributed by atoms with Crippen molar-refractivity contribution in [2.45, 2.75) is 31.6 Å². The number of rotatable bonds is 2. The van der Waals surface area contributed by atoms with Crippen LogP contribution in [0.15, 0.2) is 42.5 Å². The van der Waals surface area contributed by atoms with Crippen molar-refractivity contribution in [1.82, 2.24) is 0 Å². The van der Waals surface area contributed by atoms with Crippen molar-refractivity contribution in [2.24, 2.45) is 28.9 Å². The molecule has 20 heavy (non-hydrogen) atoms. The molecule has 0 aromatic heterocycles. The number of allylic oxidation sites excluding steroid dienone is 1. The van der Waals surface area contributed by atoms with Crippen molar-refractivity contribution in [3.8, 4) is 0 Å². The summed E-state index contributed by atoms with van der Waals surface area (Å²) in [5, 5.41) is 0. The SMILES string of the molecule is C=C1C2CC(c3ccccc3)CC3(C(N)=O)CC1C2C3. The molecule has 4 rings (SSSR count). The molecule has 3 aliphatic carbocycles. The minimum atomic E-state index is -0.274. The van der Waals surface area contributed by atoms with Crippen LogP contribution in [0.3, 0.4) is 0 Å². The number of fused-ring (bicyclic) bond motifs is 1. The van der Waals surface area contributed by atoms with E-state index in [9.17, 15) is 4.79 Å². The first-order chi connectivity index (χ1) is 9.61. The van der Waals surface area contributed by atoms with E-state index in [-0.39, 0.29) is 11.3 Å². The van der Waals surface area contributed by atoms with Gasteiger partial charge in [0.25, 0.3) is 0 Å². The Bertz CT molecular complexity index is 578. The fourth-order valence-electron chi connectivity index (χ4n) is 5.14. The molecule has 5 unspecified atom stereocenters. The lowest BCUT2D eigenvalue weighted by Crippen LogP contribution is -2.39. The maximum absolute atomic E-state index is 12.1. The Morgan fingerprint density at radius 2 is 1.90 bits per heavy atom. The van der Waals surface area contributed by atoms with E-state index in [1.807, 2.05) is 0 Å². The lowest BCUT2D eigenvalue weighted by molar-refractivity contribution is -0.128. The van der Waals surface area contributed by atoms with E-state index in [2.05, 4.69) is 36.9 Å². The average Bonchev–Trinajstić information content (AvgIpc) is 2.70. The standard InChI is InChI=1S/C18H21NO/c1-11-14-7-13(12-5-3-2-4-6-12)8-18(17(19)20)9-15(11)16(14)10-18/h2-6,13-16H,1,7-10H2,(H2,19,20). The monoisotopic (exact) mass is 267 g/mol. The van der Waals surface area contributed by atoms with E-state index in [1.54, 1.807) is 0 Å².